The van der Waals surface area contributed by atoms with Gasteiger partial charge in [0.15, 0.2) is 0 Å². The second-order valence-corrected chi connectivity index (χ2v) is 21.2. The Kier molecular flexibility index (Phi) is 2.42. The molecule has 0 aliphatic carbocycles. The minimum absolute atomic E-state index is 0.102. The van der Waals surface area contributed by atoms with Crippen molar-refractivity contribution in [2.45, 2.75) is 12.2 Å². The first kappa shape index (κ1) is 8.24. The molecule has 0 aromatic carbocycles. The van der Waals surface area contributed by atoms with E-state index in [0.717, 1.165) is 5.25 Å². The third-order valence-corrected chi connectivity index (χ3v) is 12.4. The van der Waals surface area contributed by atoms with E-state index in [1.807, 2.05) is 6.92 Å². The molecule has 1 fully saturated rings. The van der Waals surface area contributed by atoms with E-state index in [1.165, 1.54) is 10.1 Å². The van der Waals surface area contributed by atoms with E-state index >= 15 is 0 Å². The molecule has 0 saturated carbocycles. The van der Waals surface area contributed by atoms with Crippen LogP contribution in [0.3, 0.4) is 0 Å². The Morgan fingerprint density at radius 3 is 2.44 bits per heavy atom. The van der Waals surface area contributed by atoms with Gasteiger partial charge in [-0.1, -0.05) is 0 Å². The molecule has 1 heterocycles. The molecule has 0 aromatic heterocycles. The van der Waals surface area contributed by atoms with Crippen molar-refractivity contribution in [2.75, 3.05) is 0 Å². The summed E-state index contributed by atoms with van der Waals surface area (Å²) in [6, 6.07) is 0. The van der Waals surface area contributed by atoms with Crippen LogP contribution in [0.1, 0.15) is 6.92 Å². The van der Waals surface area contributed by atoms with Crippen molar-refractivity contribution in [1.82, 2.24) is 0 Å². The molecule has 5 heteroatoms. The van der Waals surface area contributed by atoms with Gasteiger partial charge < -0.3 is 0 Å². The number of carbonyl (C=O) groups excluding carboxylic acids is 1. The number of halogens is 2. The molecule has 1 nitrogen and oxygen atoms in total. The Morgan fingerprint density at radius 1 is 1.78 bits per heavy atom. The molecule has 1 aliphatic rings. The SMILES string of the molecule is CC1[CH2][Ge]([Cl])([Cl])[S]C1=O. The normalized spacial score (nSPS) is 33.2. The molecular formula is C4H6Cl2GeOS. The van der Waals surface area contributed by atoms with Gasteiger partial charge in [0.25, 0.3) is 0 Å². The average molecular weight is 246 g/mol. The first-order chi connectivity index (χ1) is 4.01. The zero-order valence-corrected chi connectivity index (χ0v) is 9.28. The summed E-state index contributed by atoms with van der Waals surface area (Å²) in [4.78, 5) is 10.8. The van der Waals surface area contributed by atoms with Crippen LogP contribution in [0.25, 0.3) is 0 Å². The van der Waals surface area contributed by atoms with Crippen molar-refractivity contribution >= 4 is 45.5 Å². The minimum atomic E-state index is -2.61. The predicted molar refractivity (Wildman–Crippen MR) is 44.0 cm³/mol. The summed E-state index contributed by atoms with van der Waals surface area (Å²) >= 11 is 0. The van der Waals surface area contributed by atoms with Crippen molar-refractivity contribution in [1.29, 1.82) is 0 Å². The zero-order chi connectivity index (χ0) is 7.07. The number of hydrogen-bond acceptors (Lipinski definition) is 2. The van der Waals surface area contributed by atoms with Crippen LogP contribution in [0.2, 0.25) is 5.25 Å². The Labute approximate surface area is 68.2 Å². The number of rotatable bonds is 0. The average Bonchev–Trinajstić information content (AvgIpc) is 1.79. The first-order valence-electron chi connectivity index (χ1n) is 2.62. The monoisotopic (exact) mass is 246 g/mol. The van der Waals surface area contributed by atoms with Gasteiger partial charge in [0.1, 0.15) is 0 Å². The second kappa shape index (κ2) is 2.64. The van der Waals surface area contributed by atoms with E-state index in [9.17, 15) is 4.79 Å². The number of carbonyl (C=O) groups is 1. The Balaban J connectivity index is 2.65. The quantitative estimate of drug-likeness (QED) is 0.610. The Bertz CT molecular complexity index is 150. The Hall–Kier alpha value is 1.14. The molecule has 0 radical (unpaired) electrons. The van der Waals surface area contributed by atoms with Gasteiger partial charge in [-0.2, -0.15) is 0 Å². The van der Waals surface area contributed by atoms with E-state index in [1.54, 1.807) is 0 Å². The van der Waals surface area contributed by atoms with Gasteiger partial charge in [0.2, 0.25) is 0 Å². The van der Waals surface area contributed by atoms with Crippen LogP contribution in [0.5, 0.6) is 0 Å². The molecule has 0 aromatic rings. The van der Waals surface area contributed by atoms with Gasteiger partial charge in [0, 0.05) is 0 Å². The molecule has 1 atom stereocenters. The summed E-state index contributed by atoms with van der Waals surface area (Å²) in [6.07, 6.45) is 0. The first-order valence-corrected chi connectivity index (χ1v) is 13.0. The van der Waals surface area contributed by atoms with E-state index < -0.39 is 10.3 Å². The molecule has 1 aliphatic heterocycles. The molecule has 0 amide bonds. The standard InChI is InChI=1S/C4H6Cl2GeOS/c1-3-2-7(5,6)9-4(3)8/h3H,2H2,1H3. The van der Waals surface area contributed by atoms with Crippen molar-refractivity contribution in [2.24, 2.45) is 5.92 Å². The maximum absolute atomic E-state index is 10.8. The van der Waals surface area contributed by atoms with Crippen LogP contribution in [-0.4, -0.2) is 15.4 Å². The third-order valence-electron chi connectivity index (χ3n) is 1.20. The molecule has 1 unspecified atom stereocenters. The fourth-order valence-corrected chi connectivity index (χ4v) is 13.3. The van der Waals surface area contributed by atoms with Crippen molar-refractivity contribution in [3.8, 4) is 0 Å². The topological polar surface area (TPSA) is 17.1 Å². The summed E-state index contributed by atoms with van der Waals surface area (Å²) < 4.78 is 0. The molecule has 0 N–H and O–H groups in total. The predicted octanol–water partition coefficient (Wildman–Crippen LogP) is 2.31. The van der Waals surface area contributed by atoms with Crippen LogP contribution >= 0.6 is 30.1 Å². The molecule has 1 rings (SSSR count). The number of hydrogen-bond donors (Lipinski definition) is 0. The van der Waals surface area contributed by atoms with Gasteiger partial charge in [-0.05, 0) is 0 Å². The van der Waals surface area contributed by atoms with Crippen LogP contribution in [0, 0.1) is 5.92 Å². The van der Waals surface area contributed by atoms with Crippen LogP contribution < -0.4 is 0 Å². The van der Waals surface area contributed by atoms with Crippen LogP contribution in [-0.2, 0) is 4.79 Å². The van der Waals surface area contributed by atoms with Crippen LogP contribution in [0.15, 0.2) is 0 Å². The Morgan fingerprint density at radius 2 is 2.33 bits per heavy atom. The van der Waals surface area contributed by atoms with E-state index in [-0.39, 0.29) is 11.0 Å². The molecular weight excluding hydrogens is 240 g/mol. The van der Waals surface area contributed by atoms with Gasteiger partial charge in [-0.25, -0.2) is 0 Å². The fourth-order valence-electron chi connectivity index (χ4n) is 0.729. The molecule has 9 heavy (non-hydrogen) atoms. The third kappa shape index (κ3) is 2.03. The van der Waals surface area contributed by atoms with Crippen LogP contribution in [0.4, 0.5) is 0 Å². The van der Waals surface area contributed by atoms with Gasteiger partial charge in [-0.3, -0.25) is 0 Å². The summed E-state index contributed by atoms with van der Waals surface area (Å²) in [5.74, 6) is 0.102. The van der Waals surface area contributed by atoms with E-state index in [4.69, 9.17) is 20.0 Å². The van der Waals surface area contributed by atoms with Gasteiger partial charge >= 0.3 is 68.4 Å². The maximum atomic E-state index is 10.8. The molecule has 0 spiro atoms. The van der Waals surface area contributed by atoms with E-state index in [2.05, 4.69) is 0 Å². The van der Waals surface area contributed by atoms with Gasteiger partial charge in [0.05, 0.1) is 0 Å². The zero-order valence-electron chi connectivity index (χ0n) is 4.86. The second-order valence-electron chi connectivity index (χ2n) is 2.16. The van der Waals surface area contributed by atoms with Crippen molar-refractivity contribution < 1.29 is 4.79 Å². The van der Waals surface area contributed by atoms with Crippen molar-refractivity contribution in [3.05, 3.63) is 0 Å². The summed E-state index contributed by atoms with van der Waals surface area (Å²) in [5, 5.41) is 0.937. The van der Waals surface area contributed by atoms with Crippen molar-refractivity contribution in [3.63, 3.8) is 0 Å². The fraction of sp³-hybridized carbons (Fsp3) is 0.750. The summed E-state index contributed by atoms with van der Waals surface area (Å²) in [6.45, 7) is 1.88. The molecule has 52 valence electrons. The summed E-state index contributed by atoms with van der Waals surface area (Å²) in [5.41, 5.74) is 0. The summed E-state index contributed by atoms with van der Waals surface area (Å²) in [7, 11) is 10.3. The van der Waals surface area contributed by atoms with Gasteiger partial charge in [-0.15, -0.1) is 0 Å². The molecule has 1 saturated heterocycles. The van der Waals surface area contributed by atoms with E-state index in [0.29, 0.717) is 0 Å². The molecule has 0 bridgehead atoms.